The smallest absolute Gasteiger partial charge is 0.337 e. The first-order valence-corrected chi connectivity index (χ1v) is 10.3. The molecule has 0 amide bonds. The highest BCUT2D eigenvalue weighted by Gasteiger charge is 2.74. The van der Waals surface area contributed by atoms with Crippen molar-refractivity contribution in [1.82, 2.24) is 0 Å². The number of esters is 2. The number of ether oxygens (including phenoxy) is 2. The highest BCUT2D eigenvalue weighted by atomic mass is 16.6. The molecule has 0 radical (unpaired) electrons. The van der Waals surface area contributed by atoms with E-state index in [-0.39, 0.29) is 11.6 Å². The number of fused-ring (bicyclic) bond motifs is 12. The predicted octanol–water partition coefficient (Wildman–Crippen LogP) is 4.01. The van der Waals surface area contributed by atoms with Gasteiger partial charge in [-0.3, -0.25) is 0 Å². The standard InChI is InChI=1S/C22H28O4/c1-3-18(23)25-11-12(2)21(24)26-22-10-16(15-5-4-6-17(15)22)19-13-7-8-14(9-13)20(19)22/h3,11,13-17,19-20H,1,4-10H2,2H3. The van der Waals surface area contributed by atoms with E-state index in [0.717, 1.165) is 42.1 Å². The van der Waals surface area contributed by atoms with Gasteiger partial charge in [0.05, 0.1) is 5.57 Å². The Morgan fingerprint density at radius 3 is 2.73 bits per heavy atom. The minimum absolute atomic E-state index is 0.245. The van der Waals surface area contributed by atoms with Crippen LogP contribution < -0.4 is 0 Å². The zero-order valence-electron chi connectivity index (χ0n) is 15.5. The Balaban J connectivity index is 1.42. The van der Waals surface area contributed by atoms with Gasteiger partial charge in [0.25, 0.3) is 0 Å². The van der Waals surface area contributed by atoms with Crippen molar-refractivity contribution in [2.45, 2.75) is 57.5 Å². The molecule has 26 heavy (non-hydrogen) atoms. The molecular formula is C22H28O4. The second-order valence-corrected chi connectivity index (χ2v) is 9.29. The van der Waals surface area contributed by atoms with Crippen molar-refractivity contribution >= 4 is 11.9 Å². The summed E-state index contributed by atoms with van der Waals surface area (Å²) in [6, 6.07) is 0. The number of rotatable bonds is 4. The topological polar surface area (TPSA) is 52.6 Å². The minimum Gasteiger partial charge on any atom is -0.455 e. The molecule has 5 aliphatic rings. The minimum atomic E-state index is -0.555. The van der Waals surface area contributed by atoms with Crippen molar-refractivity contribution in [3.8, 4) is 0 Å². The van der Waals surface area contributed by atoms with Crippen molar-refractivity contribution in [2.75, 3.05) is 0 Å². The second-order valence-electron chi connectivity index (χ2n) is 9.29. The van der Waals surface area contributed by atoms with Crippen LogP contribution in [-0.4, -0.2) is 17.5 Å². The second kappa shape index (κ2) is 5.71. The fraction of sp³-hybridized carbons (Fsp3) is 0.727. The Morgan fingerprint density at radius 1 is 1.12 bits per heavy atom. The highest BCUT2D eigenvalue weighted by Crippen LogP contribution is 2.75. The zero-order chi connectivity index (χ0) is 18.1. The van der Waals surface area contributed by atoms with Crippen molar-refractivity contribution in [3.63, 3.8) is 0 Å². The van der Waals surface area contributed by atoms with Crippen LogP contribution in [0.25, 0.3) is 0 Å². The molecule has 4 bridgehead atoms. The van der Waals surface area contributed by atoms with Crippen LogP contribution in [0, 0.1) is 41.4 Å². The largest absolute Gasteiger partial charge is 0.455 e. The maximum atomic E-state index is 12.9. The molecule has 0 heterocycles. The average Bonchev–Trinajstić information content (AvgIpc) is 3.41. The maximum Gasteiger partial charge on any atom is 0.337 e. The summed E-state index contributed by atoms with van der Waals surface area (Å²) in [5.41, 5.74) is 0.115. The summed E-state index contributed by atoms with van der Waals surface area (Å²) in [7, 11) is 0. The van der Waals surface area contributed by atoms with Gasteiger partial charge >= 0.3 is 11.9 Å². The van der Waals surface area contributed by atoms with Gasteiger partial charge in [0.1, 0.15) is 11.9 Å². The van der Waals surface area contributed by atoms with Crippen LogP contribution >= 0.6 is 0 Å². The molecule has 5 rings (SSSR count). The van der Waals surface area contributed by atoms with Gasteiger partial charge in [-0.2, -0.15) is 0 Å². The lowest BCUT2D eigenvalue weighted by Gasteiger charge is -2.47. The Hall–Kier alpha value is -1.58. The third-order valence-corrected chi connectivity index (χ3v) is 8.46. The molecule has 140 valence electrons. The van der Waals surface area contributed by atoms with Crippen LogP contribution in [0.2, 0.25) is 0 Å². The summed E-state index contributed by atoms with van der Waals surface area (Å²) in [6.07, 6.45) is 11.3. The summed E-state index contributed by atoms with van der Waals surface area (Å²) < 4.78 is 11.3. The summed E-state index contributed by atoms with van der Waals surface area (Å²) >= 11 is 0. The van der Waals surface area contributed by atoms with Gasteiger partial charge in [0.15, 0.2) is 0 Å². The molecule has 4 heteroatoms. The summed E-state index contributed by atoms with van der Waals surface area (Å²) in [5, 5.41) is 0. The van der Waals surface area contributed by atoms with Gasteiger partial charge in [-0.15, -0.1) is 0 Å². The lowest BCUT2D eigenvalue weighted by Crippen LogP contribution is -2.50. The van der Waals surface area contributed by atoms with E-state index in [4.69, 9.17) is 9.47 Å². The predicted molar refractivity (Wildman–Crippen MR) is 95.6 cm³/mol. The van der Waals surface area contributed by atoms with E-state index in [9.17, 15) is 9.59 Å². The third-order valence-electron chi connectivity index (χ3n) is 8.46. The normalized spacial score (nSPS) is 47.6. The van der Waals surface area contributed by atoms with Crippen LogP contribution in [0.5, 0.6) is 0 Å². The van der Waals surface area contributed by atoms with Gasteiger partial charge < -0.3 is 9.47 Å². The zero-order valence-corrected chi connectivity index (χ0v) is 15.5. The molecule has 8 unspecified atom stereocenters. The first-order valence-electron chi connectivity index (χ1n) is 10.3. The molecule has 0 N–H and O–H groups in total. The molecule has 5 fully saturated rings. The molecule has 0 aliphatic heterocycles. The molecular weight excluding hydrogens is 328 g/mol. The SMILES string of the molecule is C=CC(=O)OC=C(C)C(=O)OC12CC(C3CCCC31)C1C3CCC(C3)C12. The Kier molecular flexibility index (Phi) is 3.64. The Bertz CT molecular complexity index is 694. The van der Waals surface area contributed by atoms with Crippen LogP contribution in [0.15, 0.2) is 24.5 Å². The van der Waals surface area contributed by atoms with Gasteiger partial charge in [0.2, 0.25) is 0 Å². The highest BCUT2D eigenvalue weighted by molar-refractivity contribution is 5.89. The van der Waals surface area contributed by atoms with E-state index in [1.165, 1.54) is 44.8 Å². The average molecular weight is 356 g/mol. The van der Waals surface area contributed by atoms with Gasteiger partial charge in [-0.1, -0.05) is 13.0 Å². The van der Waals surface area contributed by atoms with E-state index < -0.39 is 5.97 Å². The van der Waals surface area contributed by atoms with E-state index in [2.05, 4.69) is 6.58 Å². The fourth-order valence-electron chi connectivity index (χ4n) is 7.94. The van der Waals surface area contributed by atoms with E-state index in [1.54, 1.807) is 6.92 Å². The van der Waals surface area contributed by atoms with Gasteiger partial charge in [-0.05, 0) is 75.0 Å². The Morgan fingerprint density at radius 2 is 1.92 bits per heavy atom. The molecule has 0 aromatic rings. The monoisotopic (exact) mass is 356 g/mol. The maximum absolute atomic E-state index is 12.9. The van der Waals surface area contributed by atoms with E-state index in [1.807, 2.05) is 0 Å². The number of carbonyl (C=O) groups is 2. The molecule has 0 aromatic heterocycles. The van der Waals surface area contributed by atoms with E-state index in [0.29, 0.717) is 17.4 Å². The van der Waals surface area contributed by atoms with Gasteiger partial charge in [0, 0.05) is 17.9 Å². The quantitative estimate of drug-likeness (QED) is 0.330. The van der Waals surface area contributed by atoms with Crippen molar-refractivity contribution in [1.29, 1.82) is 0 Å². The summed E-state index contributed by atoms with van der Waals surface area (Å²) in [5.74, 6) is 4.25. The molecule has 8 atom stereocenters. The number of carbonyl (C=O) groups excluding carboxylic acids is 2. The van der Waals surface area contributed by atoms with Crippen LogP contribution in [0.3, 0.4) is 0 Å². The number of hydrogen-bond acceptors (Lipinski definition) is 4. The molecule has 0 spiro atoms. The van der Waals surface area contributed by atoms with Gasteiger partial charge in [-0.25, -0.2) is 9.59 Å². The first-order chi connectivity index (χ1) is 12.5. The fourth-order valence-corrected chi connectivity index (χ4v) is 7.94. The van der Waals surface area contributed by atoms with Crippen LogP contribution in [-0.2, 0) is 19.1 Å². The lowest BCUT2D eigenvalue weighted by atomic mass is 9.62. The molecule has 4 nitrogen and oxygen atoms in total. The van der Waals surface area contributed by atoms with Crippen molar-refractivity contribution in [2.24, 2.45) is 41.4 Å². The molecule has 5 saturated carbocycles. The lowest BCUT2D eigenvalue weighted by molar-refractivity contribution is -0.173. The van der Waals surface area contributed by atoms with Crippen molar-refractivity contribution in [3.05, 3.63) is 24.5 Å². The van der Waals surface area contributed by atoms with Crippen LogP contribution in [0.4, 0.5) is 0 Å². The molecule has 5 aliphatic carbocycles. The van der Waals surface area contributed by atoms with Crippen LogP contribution in [0.1, 0.15) is 51.9 Å². The number of hydrogen-bond donors (Lipinski definition) is 0. The summed E-state index contributed by atoms with van der Waals surface area (Å²) in [6.45, 7) is 5.04. The molecule has 0 aromatic carbocycles. The summed E-state index contributed by atoms with van der Waals surface area (Å²) in [4.78, 5) is 24.1. The van der Waals surface area contributed by atoms with E-state index >= 15 is 0 Å². The third kappa shape index (κ3) is 2.07. The van der Waals surface area contributed by atoms with Crippen molar-refractivity contribution < 1.29 is 19.1 Å². The Labute approximate surface area is 155 Å². The first kappa shape index (κ1) is 16.6. The molecule has 0 saturated heterocycles.